The number of nitrogens with two attached hydrogens (primary N) is 1. The highest BCUT2D eigenvalue weighted by Gasteiger charge is 2.07. The van der Waals surface area contributed by atoms with Crippen molar-refractivity contribution in [2.75, 3.05) is 24.6 Å². The number of hydrogen-bond donors (Lipinski definition) is 1. The van der Waals surface area contributed by atoms with Crippen LogP contribution in [0.1, 0.15) is 26.3 Å². The van der Waals surface area contributed by atoms with Gasteiger partial charge >= 0.3 is 0 Å². The van der Waals surface area contributed by atoms with E-state index in [1.54, 1.807) is 0 Å². The van der Waals surface area contributed by atoms with Gasteiger partial charge in [0.05, 0.1) is 6.61 Å². The van der Waals surface area contributed by atoms with Crippen LogP contribution in [-0.4, -0.2) is 19.7 Å². The van der Waals surface area contributed by atoms with E-state index >= 15 is 0 Å². The Morgan fingerprint density at radius 3 is 2.38 bits per heavy atom. The summed E-state index contributed by atoms with van der Waals surface area (Å²) in [5.74, 6) is 0.911. The largest absolute Gasteiger partial charge is 0.493 e. The molecule has 0 fully saturated rings. The van der Waals surface area contributed by atoms with Crippen molar-refractivity contribution in [3.8, 4) is 5.75 Å². The Labute approximate surface area is 98.2 Å². The van der Waals surface area contributed by atoms with Gasteiger partial charge in [0.1, 0.15) is 5.75 Å². The third kappa shape index (κ3) is 2.89. The zero-order valence-corrected chi connectivity index (χ0v) is 10.5. The summed E-state index contributed by atoms with van der Waals surface area (Å²) < 4.78 is 5.60. The van der Waals surface area contributed by atoms with E-state index in [0.29, 0.717) is 13.2 Å². The summed E-state index contributed by atoms with van der Waals surface area (Å²) in [7, 11) is 0. The van der Waals surface area contributed by atoms with Crippen LogP contribution in [0.3, 0.4) is 0 Å². The highest BCUT2D eigenvalue weighted by Crippen LogP contribution is 2.25. The van der Waals surface area contributed by atoms with Crippen LogP contribution in [0.15, 0.2) is 18.2 Å². The molecule has 0 radical (unpaired) electrons. The molecule has 0 heterocycles. The van der Waals surface area contributed by atoms with E-state index in [1.807, 2.05) is 6.92 Å². The molecule has 2 N–H and O–H groups in total. The monoisotopic (exact) mass is 222 g/mol. The molecular weight excluding hydrogens is 200 g/mol. The molecule has 3 heteroatoms. The van der Waals surface area contributed by atoms with Crippen LogP contribution in [-0.2, 0) is 6.54 Å². The van der Waals surface area contributed by atoms with Crippen LogP contribution >= 0.6 is 0 Å². The summed E-state index contributed by atoms with van der Waals surface area (Å²) in [5.41, 5.74) is 7.95. The maximum Gasteiger partial charge on any atom is 0.125 e. The number of rotatable bonds is 6. The van der Waals surface area contributed by atoms with E-state index in [2.05, 4.69) is 36.9 Å². The minimum Gasteiger partial charge on any atom is -0.493 e. The van der Waals surface area contributed by atoms with Gasteiger partial charge in [-0.15, -0.1) is 0 Å². The van der Waals surface area contributed by atoms with Gasteiger partial charge in [-0.25, -0.2) is 0 Å². The van der Waals surface area contributed by atoms with Crippen LogP contribution < -0.4 is 15.4 Å². The Hall–Kier alpha value is -1.22. The molecule has 0 aliphatic heterocycles. The number of benzene rings is 1. The lowest BCUT2D eigenvalue weighted by atomic mass is 10.1. The Morgan fingerprint density at radius 2 is 1.88 bits per heavy atom. The zero-order chi connectivity index (χ0) is 12.0. The molecular formula is C13H22N2O. The summed E-state index contributed by atoms with van der Waals surface area (Å²) in [5, 5.41) is 0. The van der Waals surface area contributed by atoms with Gasteiger partial charge in [-0.3, -0.25) is 0 Å². The van der Waals surface area contributed by atoms with Gasteiger partial charge in [-0.1, -0.05) is 6.07 Å². The van der Waals surface area contributed by atoms with Crippen molar-refractivity contribution in [3.63, 3.8) is 0 Å². The molecule has 0 aliphatic rings. The SMILES string of the molecule is CCOc1cc(N(CC)CC)ccc1CN. The first kappa shape index (κ1) is 12.8. The van der Waals surface area contributed by atoms with E-state index in [9.17, 15) is 0 Å². The second-order valence-electron chi connectivity index (χ2n) is 3.60. The maximum atomic E-state index is 5.68. The van der Waals surface area contributed by atoms with E-state index < -0.39 is 0 Å². The van der Waals surface area contributed by atoms with Gasteiger partial charge in [0.25, 0.3) is 0 Å². The average Bonchev–Trinajstić information content (AvgIpc) is 2.31. The molecule has 1 aromatic carbocycles. The summed E-state index contributed by atoms with van der Waals surface area (Å²) >= 11 is 0. The van der Waals surface area contributed by atoms with Crippen molar-refractivity contribution in [1.29, 1.82) is 0 Å². The lowest BCUT2D eigenvalue weighted by Gasteiger charge is -2.22. The molecule has 1 rings (SSSR count). The van der Waals surface area contributed by atoms with E-state index in [0.717, 1.165) is 24.4 Å². The molecule has 1 aromatic rings. The van der Waals surface area contributed by atoms with Gasteiger partial charge in [0.2, 0.25) is 0 Å². The molecule has 0 saturated heterocycles. The van der Waals surface area contributed by atoms with E-state index in [-0.39, 0.29) is 0 Å². The minimum atomic E-state index is 0.522. The molecule has 3 nitrogen and oxygen atoms in total. The van der Waals surface area contributed by atoms with Crippen LogP contribution in [0.2, 0.25) is 0 Å². The Balaban J connectivity index is 3.00. The summed E-state index contributed by atoms with van der Waals surface area (Å²) in [4.78, 5) is 2.29. The molecule has 0 unspecified atom stereocenters. The van der Waals surface area contributed by atoms with Crippen molar-refractivity contribution < 1.29 is 4.74 Å². The lowest BCUT2D eigenvalue weighted by molar-refractivity contribution is 0.336. The fourth-order valence-corrected chi connectivity index (χ4v) is 1.79. The maximum absolute atomic E-state index is 5.68. The summed E-state index contributed by atoms with van der Waals surface area (Å²) in [6.07, 6.45) is 0. The Kier molecular flexibility index (Phi) is 5.12. The van der Waals surface area contributed by atoms with Gasteiger partial charge in [0, 0.05) is 37.0 Å². The normalized spacial score (nSPS) is 10.2. The van der Waals surface area contributed by atoms with Gasteiger partial charge in [0.15, 0.2) is 0 Å². The highest BCUT2D eigenvalue weighted by molar-refractivity contribution is 5.53. The van der Waals surface area contributed by atoms with Crippen molar-refractivity contribution in [3.05, 3.63) is 23.8 Å². The quantitative estimate of drug-likeness (QED) is 0.803. The standard InChI is InChI=1S/C13H22N2O/c1-4-15(5-2)12-8-7-11(10-14)13(9-12)16-6-3/h7-9H,4-6,10,14H2,1-3H3. The predicted octanol–water partition coefficient (Wildman–Crippen LogP) is 2.39. The molecule has 0 amide bonds. The first-order valence-corrected chi connectivity index (χ1v) is 5.97. The first-order valence-electron chi connectivity index (χ1n) is 5.97. The van der Waals surface area contributed by atoms with E-state index in [4.69, 9.17) is 10.5 Å². The Morgan fingerprint density at radius 1 is 1.19 bits per heavy atom. The van der Waals surface area contributed by atoms with E-state index in [1.165, 1.54) is 5.69 Å². The number of anilines is 1. The van der Waals surface area contributed by atoms with Gasteiger partial charge in [-0.2, -0.15) is 0 Å². The van der Waals surface area contributed by atoms with Crippen LogP contribution in [0, 0.1) is 0 Å². The number of ether oxygens (including phenoxy) is 1. The molecule has 0 spiro atoms. The fraction of sp³-hybridized carbons (Fsp3) is 0.538. The fourth-order valence-electron chi connectivity index (χ4n) is 1.79. The highest BCUT2D eigenvalue weighted by atomic mass is 16.5. The molecule has 0 atom stereocenters. The smallest absolute Gasteiger partial charge is 0.125 e. The first-order chi connectivity index (χ1) is 7.76. The lowest BCUT2D eigenvalue weighted by Crippen LogP contribution is -2.21. The predicted molar refractivity (Wildman–Crippen MR) is 69.1 cm³/mol. The van der Waals surface area contributed by atoms with Crippen molar-refractivity contribution in [2.24, 2.45) is 5.73 Å². The molecule has 0 bridgehead atoms. The molecule has 0 aliphatic carbocycles. The number of nitrogens with zero attached hydrogens (tertiary/aromatic N) is 1. The molecule has 16 heavy (non-hydrogen) atoms. The second-order valence-corrected chi connectivity index (χ2v) is 3.60. The van der Waals surface area contributed by atoms with Crippen LogP contribution in [0.5, 0.6) is 5.75 Å². The van der Waals surface area contributed by atoms with Crippen LogP contribution in [0.4, 0.5) is 5.69 Å². The number of hydrogen-bond acceptors (Lipinski definition) is 3. The molecule has 0 saturated carbocycles. The van der Waals surface area contributed by atoms with Gasteiger partial charge in [-0.05, 0) is 26.8 Å². The van der Waals surface area contributed by atoms with Crippen LogP contribution in [0.25, 0.3) is 0 Å². The molecule has 0 aromatic heterocycles. The summed E-state index contributed by atoms with van der Waals surface area (Å²) in [6, 6.07) is 6.25. The summed E-state index contributed by atoms with van der Waals surface area (Å²) in [6.45, 7) is 9.50. The third-order valence-electron chi connectivity index (χ3n) is 2.70. The molecule has 90 valence electrons. The Bertz CT molecular complexity index is 322. The zero-order valence-electron chi connectivity index (χ0n) is 10.5. The topological polar surface area (TPSA) is 38.5 Å². The van der Waals surface area contributed by atoms with Gasteiger partial charge < -0.3 is 15.4 Å². The van der Waals surface area contributed by atoms with Crippen molar-refractivity contribution in [2.45, 2.75) is 27.3 Å². The third-order valence-corrected chi connectivity index (χ3v) is 2.70. The average molecular weight is 222 g/mol. The second kappa shape index (κ2) is 6.38. The van der Waals surface area contributed by atoms with Crippen molar-refractivity contribution >= 4 is 5.69 Å². The van der Waals surface area contributed by atoms with Crippen molar-refractivity contribution in [1.82, 2.24) is 0 Å². The minimum absolute atomic E-state index is 0.522.